The molecule has 0 saturated heterocycles. The standard InChI is InChI=1S/C10H6BrNO3.C10H8BrNO2/c11-5-1-2-8-6(3-5)7(4-12-8)9(13)10(14)15;11-7-1-2-9-8(4-7)6(5-12-9)3-10(13)14/h1-4,12H,(H,14,15);1-2,4-5,12H,3H2,(H,13,14). The second-order valence-corrected chi connectivity index (χ2v) is 7.93. The van der Waals surface area contributed by atoms with Crippen molar-refractivity contribution in [2.24, 2.45) is 0 Å². The van der Waals surface area contributed by atoms with Crippen LogP contribution in [-0.4, -0.2) is 37.9 Å². The van der Waals surface area contributed by atoms with Crippen molar-refractivity contribution in [3.05, 3.63) is 68.9 Å². The van der Waals surface area contributed by atoms with E-state index in [2.05, 4.69) is 41.8 Å². The average molecular weight is 522 g/mol. The maximum absolute atomic E-state index is 11.3. The number of ketones is 1. The summed E-state index contributed by atoms with van der Waals surface area (Å²) in [7, 11) is 0. The number of halogens is 2. The molecule has 0 fully saturated rings. The van der Waals surface area contributed by atoms with Crippen LogP contribution in [-0.2, 0) is 16.0 Å². The molecule has 148 valence electrons. The fraction of sp³-hybridized carbons (Fsp3) is 0.0500. The fourth-order valence-electron chi connectivity index (χ4n) is 2.86. The molecule has 0 atom stereocenters. The highest BCUT2D eigenvalue weighted by Gasteiger charge is 2.18. The molecule has 0 bridgehead atoms. The number of aromatic amines is 2. The van der Waals surface area contributed by atoms with Crippen molar-refractivity contribution >= 4 is 71.4 Å². The number of aliphatic carboxylic acids is 2. The Morgan fingerprint density at radius 3 is 1.97 bits per heavy atom. The molecule has 2 aromatic heterocycles. The highest BCUT2D eigenvalue weighted by Crippen LogP contribution is 2.24. The Kier molecular flexibility index (Phi) is 6.19. The number of aromatic nitrogens is 2. The molecule has 4 N–H and O–H groups in total. The van der Waals surface area contributed by atoms with Crippen LogP contribution in [0.2, 0.25) is 0 Å². The Bertz CT molecular complexity index is 1240. The van der Waals surface area contributed by atoms with Gasteiger partial charge in [-0.15, -0.1) is 0 Å². The largest absolute Gasteiger partial charge is 0.481 e. The molecule has 0 amide bonds. The Morgan fingerprint density at radius 2 is 1.38 bits per heavy atom. The Balaban J connectivity index is 0.000000166. The molecule has 2 heterocycles. The van der Waals surface area contributed by atoms with Gasteiger partial charge in [-0.25, -0.2) is 4.79 Å². The van der Waals surface area contributed by atoms with Gasteiger partial charge in [0, 0.05) is 43.1 Å². The predicted molar refractivity (Wildman–Crippen MR) is 115 cm³/mol. The van der Waals surface area contributed by atoms with E-state index in [9.17, 15) is 14.4 Å². The third kappa shape index (κ3) is 4.75. The number of carboxylic acids is 2. The van der Waals surface area contributed by atoms with Gasteiger partial charge in [-0.1, -0.05) is 31.9 Å². The first kappa shape index (κ1) is 20.8. The van der Waals surface area contributed by atoms with E-state index in [0.717, 1.165) is 30.9 Å². The first-order valence-corrected chi connectivity index (χ1v) is 9.86. The van der Waals surface area contributed by atoms with E-state index in [-0.39, 0.29) is 12.0 Å². The van der Waals surface area contributed by atoms with Crippen LogP contribution in [0.4, 0.5) is 0 Å². The van der Waals surface area contributed by atoms with Gasteiger partial charge in [0.15, 0.2) is 0 Å². The summed E-state index contributed by atoms with van der Waals surface area (Å²) in [5.74, 6) is -3.17. The van der Waals surface area contributed by atoms with Gasteiger partial charge in [-0.2, -0.15) is 0 Å². The molecule has 0 aliphatic heterocycles. The van der Waals surface area contributed by atoms with Gasteiger partial charge in [-0.3, -0.25) is 9.59 Å². The summed E-state index contributed by atoms with van der Waals surface area (Å²) < 4.78 is 1.75. The van der Waals surface area contributed by atoms with Crippen molar-refractivity contribution in [1.29, 1.82) is 0 Å². The first-order chi connectivity index (χ1) is 13.8. The van der Waals surface area contributed by atoms with Gasteiger partial charge in [0.1, 0.15) is 0 Å². The van der Waals surface area contributed by atoms with E-state index >= 15 is 0 Å². The fourth-order valence-corrected chi connectivity index (χ4v) is 3.58. The lowest BCUT2D eigenvalue weighted by Crippen LogP contribution is -2.11. The lowest BCUT2D eigenvalue weighted by molar-refractivity contribution is -0.136. The molecule has 0 saturated carbocycles. The number of hydrogen-bond acceptors (Lipinski definition) is 3. The third-order valence-electron chi connectivity index (χ3n) is 4.15. The minimum atomic E-state index is -1.45. The smallest absolute Gasteiger partial charge is 0.377 e. The summed E-state index contributed by atoms with van der Waals surface area (Å²) in [4.78, 5) is 38.3. The van der Waals surface area contributed by atoms with Crippen molar-refractivity contribution in [2.75, 3.05) is 0 Å². The van der Waals surface area contributed by atoms with Crippen LogP contribution in [0.1, 0.15) is 15.9 Å². The van der Waals surface area contributed by atoms with E-state index in [4.69, 9.17) is 10.2 Å². The number of hydrogen-bond donors (Lipinski definition) is 4. The molecule has 0 spiro atoms. The number of fused-ring (bicyclic) bond motifs is 2. The zero-order chi connectivity index (χ0) is 21.1. The van der Waals surface area contributed by atoms with Crippen LogP contribution in [0.25, 0.3) is 21.8 Å². The number of rotatable bonds is 4. The highest BCUT2D eigenvalue weighted by atomic mass is 79.9. The first-order valence-electron chi connectivity index (χ1n) is 8.28. The van der Waals surface area contributed by atoms with Crippen molar-refractivity contribution in [2.45, 2.75) is 6.42 Å². The molecule has 29 heavy (non-hydrogen) atoms. The Morgan fingerprint density at radius 1 is 0.828 bits per heavy atom. The van der Waals surface area contributed by atoms with Crippen LogP contribution < -0.4 is 0 Å². The zero-order valence-corrected chi connectivity index (χ0v) is 17.9. The Hall–Kier alpha value is -2.91. The van der Waals surface area contributed by atoms with Crippen LogP contribution in [0, 0.1) is 0 Å². The lowest BCUT2D eigenvalue weighted by Gasteiger charge is -1.95. The van der Waals surface area contributed by atoms with Gasteiger partial charge in [0.05, 0.1) is 12.0 Å². The van der Waals surface area contributed by atoms with Gasteiger partial charge in [-0.05, 0) is 42.0 Å². The molecule has 0 aliphatic rings. The summed E-state index contributed by atoms with van der Waals surface area (Å²) >= 11 is 6.62. The molecule has 0 unspecified atom stereocenters. The maximum atomic E-state index is 11.3. The summed E-state index contributed by atoms with van der Waals surface area (Å²) in [6, 6.07) is 11.1. The van der Waals surface area contributed by atoms with E-state index in [0.29, 0.717) is 5.39 Å². The molecule has 4 aromatic rings. The van der Waals surface area contributed by atoms with Gasteiger partial charge in [0.25, 0.3) is 5.78 Å². The molecule has 9 heteroatoms. The zero-order valence-electron chi connectivity index (χ0n) is 14.7. The second kappa shape index (κ2) is 8.62. The van der Waals surface area contributed by atoms with E-state index in [1.54, 1.807) is 18.3 Å². The van der Waals surface area contributed by atoms with E-state index < -0.39 is 17.7 Å². The Labute approximate surface area is 181 Å². The number of nitrogens with one attached hydrogen (secondary N) is 2. The van der Waals surface area contributed by atoms with Gasteiger partial charge >= 0.3 is 11.9 Å². The van der Waals surface area contributed by atoms with Gasteiger partial charge < -0.3 is 20.2 Å². The van der Waals surface area contributed by atoms with E-state index in [1.165, 1.54) is 6.20 Å². The topological polar surface area (TPSA) is 123 Å². The minimum absolute atomic E-state index is 0.0520. The van der Waals surface area contributed by atoms with Crippen molar-refractivity contribution < 1.29 is 24.6 Å². The molecule has 7 nitrogen and oxygen atoms in total. The molecule has 4 rings (SSSR count). The third-order valence-corrected chi connectivity index (χ3v) is 5.14. The van der Waals surface area contributed by atoms with Crippen LogP contribution in [0.15, 0.2) is 57.7 Å². The molecule has 2 aromatic carbocycles. The van der Waals surface area contributed by atoms with Crippen LogP contribution >= 0.6 is 31.9 Å². The quantitative estimate of drug-likeness (QED) is 0.228. The second-order valence-electron chi connectivity index (χ2n) is 6.10. The van der Waals surface area contributed by atoms with Crippen LogP contribution in [0.5, 0.6) is 0 Å². The summed E-state index contributed by atoms with van der Waals surface area (Å²) in [6.07, 6.45) is 3.20. The number of H-pyrrole nitrogens is 2. The maximum Gasteiger partial charge on any atom is 0.377 e. The predicted octanol–water partition coefficient (Wildman–Crippen LogP) is 4.76. The number of carbonyl (C=O) groups excluding carboxylic acids is 1. The number of carboxylic acid groups (broad SMARTS) is 2. The molecule has 0 aliphatic carbocycles. The van der Waals surface area contributed by atoms with Crippen molar-refractivity contribution in [1.82, 2.24) is 9.97 Å². The average Bonchev–Trinajstić information content (AvgIpc) is 3.25. The van der Waals surface area contributed by atoms with Gasteiger partial charge in [0.2, 0.25) is 0 Å². The molecular weight excluding hydrogens is 508 g/mol. The van der Waals surface area contributed by atoms with Crippen LogP contribution in [0.3, 0.4) is 0 Å². The normalized spacial score (nSPS) is 10.6. The highest BCUT2D eigenvalue weighted by molar-refractivity contribution is 9.10. The molecule has 0 radical (unpaired) electrons. The summed E-state index contributed by atoms with van der Waals surface area (Å²) in [5, 5.41) is 18.9. The van der Waals surface area contributed by atoms with E-state index in [1.807, 2.05) is 24.3 Å². The lowest BCUT2D eigenvalue weighted by atomic mass is 10.1. The summed E-state index contributed by atoms with van der Waals surface area (Å²) in [5.41, 5.74) is 2.69. The molecular formula is C20H14Br2N2O5. The minimum Gasteiger partial charge on any atom is -0.481 e. The van der Waals surface area contributed by atoms with Crippen molar-refractivity contribution in [3.63, 3.8) is 0 Å². The number of Topliss-reactive ketones (excluding diaryl/α,β-unsaturated/α-hetero) is 1. The monoisotopic (exact) mass is 520 g/mol. The number of benzene rings is 2. The SMILES string of the molecule is O=C(O)C(=O)c1c[nH]c2ccc(Br)cc12.O=C(O)Cc1c[nH]c2ccc(Br)cc12. The number of carbonyl (C=O) groups is 3. The summed E-state index contributed by atoms with van der Waals surface area (Å²) in [6.45, 7) is 0. The van der Waals surface area contributed by atoms with Crippen molar-refractivity contribution in [3.8, 4) is 0 Å².